The van der Waals surface area contributed by atoms with Crippen molar-refractivity contribution in [3.8, 4) is 0 Å². The summed E-state index contributed by atoms with van der Waals surface area (Å²) in [7, 11) is 0. The van der Waals surface area contributed by atoms with Gasteiger partial charge < -0.3 is 4.98 Å². The van der Waals surface area contributed by atoms with E-state index in [2.05, 4.69) is 23.8 Å². The lowest BCUT2D eigenvalue weighted by Gasteiger charge is -1.99. The van der Waals surface area contributed by atoms with E-state index in [1.54, 1.807) is 0 Å². The van der Waals surface area contributed by atoms with Gasteiger partial charge in [0.2, 0.25) is 0 Å². The van der Waals surface area contributed by atoms with Gasteiger partial charge in [0.25, 0.3) is 0 Å². The molecule has 0 saturated heterocycles. The molecule has 1 N–H and O–H groups in total. The molecule has 86 valence electrons. The van der Waals surface area contributed by atoms with Crippen LogP contribution in [0, 0.1) is 0 Å². The number of nitrogens with zero attached hydrogens (tertiary/aromatic N) is 1. The van der Waals surface area contributed by atoms with Crippen molar-refractivity contribution in [2.75, 3.05) is 0 Å². The van der Waals surface area contributed by atoms with Crippen LogP contribution in [0.1, 0.15) is 63.9 Å². The average molecular weight is 208 g/mol. The van der Waals surface area contributed by atoms with Crippen molar-refractivity contribution in [2.45, 2.75) is 65.2 Å². The highest BCUT2D eigenvalue weighted by molar-refractivity contribution is 5.00. The van der Waals surface area contributed by atoms with Crippen molar-refractivity contribution in [1.29, 1.82) is 0 Å². The molecule has 1 aromatic rings. The first-order chi connectivity index (χ1) is 7.36. The number of imidazole rings is 1. The molecule has 0 aromatic carbocycles. The molecule has 0 bridgehead atoms. The molecule has 1 rings (SSSR count). The number of aromatic amines is 1. The van der Waals surface area contributed by atoms with Gasteiger partial charge in [-0.3, -0.25) is 0 Å². The van der Waals surface area contributed by atoms with E-state index in [1.807, 2.05) is 6.20 Å². The fourth-order valence-corrected chi connectivity index (χ4v) is 1.81. The van der Waals surface area contributed by atoms with Gasteiger partial charge in [0.1, 0.15) is 5.82 Å². The molecule has 0 spiro atoms. The predicted molar refractivity (Wildman–Crippen MR) is 65.0 cm³/mol. The van der Waals surface area contributed by atoms with E-state index in [1.165, 1.54) is 50.6 Å². The van der Waals surface area contributed by atoms with E-state index in [0.717, 1.165) is 12.2 Å². The van der Waals surface area contributed by atoms with Crippen molar-refractivity contribution in [3.63, 3.8) is 0 Å². The van der Waals surface area contributed by atoms with Gasteiger partial charge in [0.05, 0.1) is 0 Å². The Kier molecular flexibility index (Phi) is 6.14. The summed E-state index contributed by atoms with van der Waals surface area (Å²) in [5, 5.41) is 0. The van der Waals surface area contributed by atoms with Gasteiger partial charge in [-0.1, -0.05) is 46.0 Å². The molecule has 0 fully saturated rings. The third kappa shape index (κ3) is 5.01. The molecule has 1 heterocycles. The Labute approximate surface area is 93.5 Å². The summed E-state index contributed by atoms with van der Waals surface area (Å²) in [6.07, 6.45) is 12.3. The molecule has 0 aliphatic heterocycles. The molecular formula is C13H24N2. The lowest BCUT2D eigenvalue weighted by atomic mass is 10.1. The van der Waals surface area contributed by atoms with Crippen LogP contribution in [0.3, 0.4) is 0 Å². The third-order valence-corrected chi connectivity index (χ3v) is 2.82. The summed E-state index contributed by atoms with van der Waals surface area (Å²) in [4.78, 5) is 7.66. The van der Waals surface area contributed by atoms with Crippen LogP contribution in [0.2, 0.25) is 0 Å². The molecule has 0 amide bonds. The van der Waals surface area contributed by atoms with E-state index < -0.39 is 0 Å². The van der Waals surface area contributed by atoms with E-state index >= 15 is 0 Å². The molecular weight excluding hydrogens is 184 g/mol. The molecule has 15 heavy (non-hydrogen) atoms. The van der Waals surface area contributed by atoms with Crippen molar-refractivity contribution in [1.82, 2.24) is 9.97 Å². The fraction of sp³-hybridized carbons (Fsp3) is 0.769. The minimum absolute atomic E-state index is 1.01. The highest BCUT2D eigenvalue weighted by Gasteiger charge is 1.98. The number of nitrogens with one attached hydrogen (secondary N) is 1. The summed E-state index contributed by atoms with van der Waals surface area (Å²) >= 11 is 0. The number of aromatic nitrogens is 2. The van der Waals surface area contributed by atoms with Crippen molar-refractivity contribution in [2.24, 2.45) is 0 Å². The van der Waals surface area contributed by atoms with Gasteiger partial charge in [0.15, 0.2) is 0 Å². The lowest BCUT2D eigenvalue weighted by Crippen LogP contribution is -1.87. The SMILES string of the molecule is CCCCCCCCc1cnc(CC)[nH]1. The van der Waals surface area contributed by atoms with E-state index in [-0.39, 0.29) is 0 Å². The van der Waals surface area contributed by atoms with Crippen LogP contribution < -0.4 is 0 Å². The van der Waals surface area contributed by atoms with Crippen LogP contribution >= 0.6 is 0 Å². The van der Waals surface area contributed by atoms with E-state index in [0.29, 0.717) is 0 Å². The average Bonchev–Trinajstić information content (AvgIpc) is 2.71. The van der Waals surface area contributed by atoms with Gasteiger partial charge in [-0.2, -0.15) is 0 Å². The number of hydrogen-bond acceptors (Lipinski definition) is 1. The number of rotatable bonds is 8. The fourth-order valence-electron chi connectivity index (χ4n) is 1.81. The summed E-state index contributed by atoms with van der Waals surface area (Å²) in [5.41, 5.74) is 1.31. The molecule has 0 aliphatic carbocycles. The highest BCUT2D eigenvalue weighted by atomic mass is 14.9. The standard InChI is InChI=1S/C13H24N2/c1-3-5-6-7-8-9-10-12-11-14-13(4-2)15-12/h11H,3-10H2,1-2H3,(H,14,15). The van der Waals surface area contributed by atoms with Crippen molar-refractivity contribution >= 4 is 0 Å². The van der Waals surface area contributed by atoms with Crippen LogP contribution in [0.25, 0.3) is 0 Å². The number of aryl methyl sites for hydroxylation is 2. The number of H-pyrrole nitrogens is 1. The maximum Gasteiger partial charge on any atom is 0.105 e. The first-order valence-electron chi connectivity index (χ1n) is 6.39. The van der Waals surface area contributed by atoms with Gasteiger partial charge >= 0.3 is 0 Å². The Hall–Kier alpha value is -0.790. The van der Waals surface area contributed by atoms with Crippen LogP contribution in [0.15, 0.2) is 6.20 Å². The maximum atomic E-state index is 4.31. The summed E-state index contributed by atoms with van der Waals surface area (Å²) in [6, 6.07) is 0. The zero-order chi connectivity index (χ0) is 10.9. The third-order valence-electron chi connectivity index (χ3n) is 2.82. The summed E-state index contributed by atoms with van der Waals surface area (Å²) in [6.45, 7) is 4.39. The summed E-state index contributed by atoms with van der Waals surface area (Å²) in [5.74, 6) is 1.12. The zero-order valence-electron chi connectivity index (χ0n) is 10.2. The molecule has 2 nitrogen and oxygen atoms in total. The van der Waals surface area contributed by atoms with Crippen LogP contribution in [0.4, 0.5) is 0 Å². The first kappa shape index (κ1) is 12.3. The minimum Gasteiger partial charge on any atom is -0.346 e. The van der Waals surface area contributed by atoms with Crippen molar-refractivity contribution < 1.29 is 0 Å². The second-order valence-corrected chi connectivity index (χ2v) is 4.23. The number of hydrogen-bond donors (Lipinski definition) is 1. The Morgan fingerprint density at radius 1 is 1.07 bits per heavy atom. The largest absolute Gasteiger partial charge is 0.346 e. The number of unbranched alkanes of at least 4 members (excludes halogenated alkanes) is 5. The second kappa shape index (κ2) is 7.49. The molecule has 0 radical (unpaired) electrons. The quantitative estimate of drug-likeness (QED) is 0.645. The molecule has 1 aromatic heterocycles. The first-order valence-corrected chi connectivity index (χ1v) is 6.39. The Bertz CT molecular complexity index is 253. The van der Waals surface area contributed by atoms with Gasteiger partial charge in [0, 0.05) is 18.3 Å². The summed E-state index contributed by atoms with van der Waals surface area (Å²) < 4.78 is 0. The van der Waals surface area contributed by atoms with Gasteiger partial charge in [-0.15, -0.1) is 0 Å². The zero-order valence-corrected chi connectivity index (χ0v) is 10.2. The maximum absolute atomic E-state index is 4.31. The van der Waals surface area contributed by atoms with Crippen molar-refractivity contribution in [3.05, 3.63) is 17.7 Å². The smallest absolute Gasteiger partial charge is 0.105 e. The molecule has 0 saturated carbocycles. The molecule has 0 unspecified atom stereocenters. The van der Waals surface area contributed by atoms with Gasteiger partial charge in [-0.25, -0.2) is 4.98 Å². The Morgan fingerprint density at radius 3 is 2.47 bits per heavy atom. The molecule has 0 aliphatic rings. The van der Waals surface area contributed by atoms with Gasteiger partial charge in [-0.05, 0) is 12.8 Å². The minimum atomic E-state index is 1.01. The second-order valence-electron chi connectivity index (χ2n) is 4.23. The lowest BCUT2D eigenvalue weighted by molar-refractivity contribution is 0.605. The predicted octanol–water partition coefficient (Wildman–Crippen LogP) is 3.88. The van der Waals surface area contributed by atoms with E-state index in [9.17, 15) is 0 Å². The molecule has 2 heteroatoms. The Balaban J connectivity index is 2.04. The van der Waals surface area contributed by atoms with Crippen LogP contribution in [0.5, 0.6) is 0 Å². The normalized spacial score (nSPS) is 10.8. The Morgan fingerprint density at radius 2 is 1.80 bits per heavy atom. The highest BCUT2D eigenvalue weighted by Crippen LogP contribution is 2.08. The topological polar surface area (TPSA) is 28.7 Å². The monoisotopic (exact) mass is 208 g/mol. The van der Waals surface area contributed by atoms with Crippen LogP contribution in [-0.4, -0.2) is 9.97 Å². The van der Waals surface area contributed by atoms with Crippen LogP contribution in [-0.2, 0) is 12.8 Å². The molecule has 0 atom stereocenters. The van der Waals surface area contributed by atoms with E-state index in [4.69, 9.17) is 0 Å².